The van der Waals surface area contributed by atoms with Crippen LogP contribution in [0.3, 0.4) is 0 Å². The molecule has 26 heavy (non-hydrogen) atoms. The summed E-state index contributed by atoms with van der Waals surface area (Å²) in [4.78, 5) is 14.4. The summed E-state index contributed by atoms with van der Waals surface area (Å²) in [5.74, 6) is -0.362. The zero-order valence-electron chi connectivity index (χ0n) is 15.8. The van der Waals surface area contributed by atoms with Crippen molar-refractivity contribution in [2.75, 3.05) is 44.7 Å². The van der Waals surface area contributed by atoms with Gasteiger partial charge in [-0.05, 0) is 23.1 Å². The van der Waals surface area contributed by atoms with Crippen molar-refractivity contribution in [3.8, 4) is 6.07 Å². The molecule has 1 aromatic carbocycles. The van der Waals surface area contributed by atoms with E-state index in [1.165, 1.54) is 11.8 Å². The molecule has 140 valence electrons. The number of nitrogens with one attached hydrogen (secondary N) is 2. The smallest absolute Gasteiger partial charge is 0.263 e. The van der Waals surface area contributed by atoms with Gasteiger partial charge in [-0.3, -0.25) is 9.69 Å². The lowest BCUT2D eigenvalue weighted by Gasteiger charge is -2.26. The zero-order chi connectivity index (χ0) is 19.0. The summed E-state index contributed by atoms with van der Waals surface area (Å²) >= 11 is 0. The van der Waals surface area contributed by atoms with Gasteiger partial charge in [-0.2, -0.15) is 5.26 Å². The van der Waals surface area contributed by atoms with Crippen molar-refractivity contribution in [2.24, 2.45) is 0 Å². The standard InChI is InChI=1S/C20H28N4O2/c1-20(2,3)17-4-6-18(7-5-17)23-15-16(14-21)19(25)22-8-9-24-10-12-26-13-11-24/h4-7,15,23H,8-13H2,1-3H3,(H,22,25)/b16-15-. The Morgan fingerprint density at radius 1 is 1.27 bits per heavy atom. The highest BCUT2D eigenvalue weighted by molar-refractivity contribution is 5.97. The zero-order valence-corrected chi connectivity index (χ0v) is 15.8. The summed E-state index contributed by atoms with van der Waals surface area (Å²) in [7, 11) is 0. The third-order valence-corrected chi connectivity index (χ3v) is 4.32. The second-order valence-electron chi connectivity index (χ2n) is 7.35. The summed E-state index contributed by atoms with van der Waals surface area (Å²) in [6.45, 7) is 11.0. The van der Waals surface area contributed by atoms with E-state index in [0.29, 0.717) is 6.54 Å². The van der Waals surface area contributed by atoms with Crippen LogP contribution in [-0.2, 0) is 14.9 Å². The van der Waals surface area contributed by atoms with Gasteiger partial charge in [0.2, 0.25) is 0 Å². The average Bonchev–Trinajstić information content (AvgIpc) is 2.63. The fraction of sp³-hybridized carbons (Fsp3) is 0.500. The molecule has 0 aliphatic carbocycles. The van der Waals surface area contributed by atoms with Crippen LogP contribution in [0.15, 0.2) is 36.0 Å². The molecule has 0 aromatic heterocycles. The van der Waals surface area contributed by atoms with Crippen molar-refractivity contribution in [3.63, 3.8) is 0 Å². The van der Waals surface area contributed by atoms with Gasteiger partial charge in [0.25, 0.3) is 5.91 Å². The van der Waals surface area contributed by atoms with Gasteiger partial charge in [0.1, 0.15) is 11.6 Å². The maximum Gasteiger partial charge on any atom is 0.263 e. The quantitative estimate of drug-likeness (QED) is 0.604. The number of morpholine rings is 1. The van der Waals surface area contributed by atoms with E-state index in [1.54, 1.807) is 0 Å². The van der Waals surface area contributed by atoms with Crippen molar-refractivity contribution in [2.45, 2.75) is 26.2 Å². The Labute approximate surface area is 155 Å². The lowest BCUT2D eigenvalue weighted by Crippen LogP contribution is -2.41. The molecule has 1 amide bonds. The molecule has 0 radical (unpaired) electrons. The first-order chi connectivity index (χ1) is 12.4. The van der Waals surface area contributed by atoms with Gasteiger partial charge in [-0.1, -0.05) is 32.9 Å². The number of hydrogen-bond donors (Lipinski definition) is 2. The molecule has 1 aromatic rings. The predicted molar refractivity (Wildman–Crippen MR) is 103 cm³/mol. The SMILES string of the molecule is CC(C)(C)c1ccc(N/C=C(/C#N)C(=O)NCCN2CCOCC2)cc1. The third-order valence-electron chi connectivity index (χ3n) is 4.32. The van der Waals surface area contributed by atoms with Gasteiger partial charge in [0.05, 0.1) is 13.2 Å². The number of carbonyl (C=O) groups is 1. The lowest BCUT2D eigenvalue weighted by atomic mass is 9.87. The first kappa shape index (κ1) is 20.0. The molecule has 2 rings (SSSR count). The minimum absolute atomic E-state index is 0.0619. The Kier molecular flexibility index (Phi) is 7.19. The fourth-order valence-corrected chi connectivity index (χ4v) is 2.62. The maximum absolute atomic E-state index is 12.1. The minimum atomic E-state index is -0.362. The van der Waals surface area contributed by atoms with E-state index >= 15 is 0 Å². The molecule has 1 aliphatic rings. The van der Waals surface area contributed by atoms with E-state index < -0.39 is 0 Å². The molecule has 6 heteroatoms. The van der Waals surface area contributed by atoms with Crippen LogP contribution >= 0.6 is 0 Å². The van der Waals surface area contributed by atoms with Gasteiger partial charge in [-0.15, -0.1) is 0 Å². The summed E-state index contributed by atoms with van der Waals surface area (Å²) in [6, 6.07) is 9.94. The minimum Gasteiger partial charge on any atom is -0.379 e. The second-order valence-corrected chi connectivity index (χ2v) is 7.35. The van der Waals surface area contributed by atoms with Gasteiger partial charge < -0.3 is 15.4 Å². The normalized spacial score (nSPS) is 16.0. The molecule has 6 nitrogen and oxygen atoms in total. The van der Waals surface area contributed by atoms with Crippen molar-refractivity contribution in [3.05, 3.63) is 41.6 Å². The van der Waals surface area contributed by atoms with E-state index in [-0.39, 0.29) is 16.9 Å². The maximum atomic E-state index is 12.1. The van der Waals surface area contributed by atoms with Gasteiger partial charge in [0.15, 0.2) is 0 Å². The highest BCUT2D eigenvalue weighted by Crippen LogP contribution is 2.23. The van der Waals surface area contributed by atoms with Crippen molar-refractivity contribution in [1.29, 1.82) is 5.26 Å². The average molecular weight is 356 g/mol. The number of hydrogen-bond acceptors (Lipinski definition) is 5. The van der Waals surface area contributed by atoms with Crippen LogP contribution in [0.5, 0.6) is 0 Å². The number of carbonyl (C=O) groups excluding carboxylic acids is 1. The molecule has 0 saturated carbocycles. The lowest BCUT2D eigenvalue weighted by molar-refractivity contribution is -0.117. The Bertz CT molecular complexity index is 663. The van der Waals surface area contributed by atoms with E-state index in [9.17, 15) is 10.1 Å². The molecule has 0 spiro atoms. The monoisotopic (exact) mass is 356 g/mol. The summed E-state index contributed by atoms with van der Waals surface area (Å²) in [5.41, 5.74) is 2.22. The summed E-state index contributed by atoms with van der Waals surface area (Å²) in [5, 5.41) is 15.0. The Morgan fingerprint density at radius 2 is 1.92 bits per heavy atom. The predicted octanol–water partition coefficient (Wildman–Crippen LogP) is 2.25. The molecule has 0 unspecified atom stereocenters. The Hall–Kier alpha value is -2.36. The van der Waals surface area contributed by atoms with E-state index in [1.807, 2.05) is 30.3 Å². The van der Waals surface area contributed by atoms with Crippen molar-refractivity contribution >= 4 is 11.6 Å². The fourth-order valence-electron chi connectivity index (χ4n) is 2.62. The van der Waals surface area contributed by atoms with Crippen LogP contribution < -0.4 is 10.6 Å². The highest BCUT2D eigenvalue weighted by atomic mass is 16.5. The van der Waals surface area contributed by atoms with Crippen LogP contribution in [0.4, 0.5) is 5.69 Å². The molecule has 1 aliphatic heterocycles. The van der Waals surface area contributed by atoms with Crippen molar-refractivity contribution < 1.29 is 9.53 Å². The molecule has 2 N–H and O–H groups in total. The number of nitriles is 1. The first-order valence-corrected chi connectivity index (χ1v) is 8.96. The molecular weight excluding hydrogens is 328 g/mol. The van der Waals surface area contributed by atoms with Crippen LogP contribution in [0.1, 0.15) is 26.3 Å². The van der Waals surface area contributed by atoms with Gasteiger partial charge in [0, 0.05) is 38.1 Å². The number of anilines is 1. The molecular formula is C20H28N4O2. The topological polar surface area (TPSA) is 77.4 Å². The first-order valence-electron chi connectivity index (χ1n) is 8.96. The summed E-state index contributed by atoms with van der Waals surface area (Å²) in [6.07, 6.45) is 1.45. The number of ether oxygens (including phenoxy) is 1. The number of rotatable bonds is 6. The Morgan fingerprint density at radius 3 is 2.50 bits per heavy atom. The summed E-state index contributed by atoms with van der Waals surface area (Å²) < 4.78 is 5.29. The largest absolute Gasteiger partial charge is 0.379 e. The molecule has 0 atom stereocenters. The number of nitrogens with zero attached hydrogens (tertiary/aromatic N) is 2. The van der Waals surface area contributed by atoms with Gasteiger partial charge in [-0.25, -0.2) is 0 Å². The van der Waals surface area contributed by atoms with Crippen LogP contribution in [0.25, 0.3) is 0 Å². The molecule has 1 fully saturated rings. The van der Waals surface area contributed by atoms with E-state index in [2.05, 4.69) is 36.3 Å². The van der Waals surface area contributed by atoms with E-state index in [4.69, 9.17) is 4.74 Å². The third kappa shape index (κ3) is 6.17. The number of amides is 1. The molecule has 1 heterocycles. The van der Waals surface area contributed by atoms with Gasteiger partial charge >= 0.3 is 0 Å². The van der Waals surface area contributed by atoms with Crippen LogP contribution in [0.2, 0.25) is 0 Å². The second kappa shape index (κ2) is 9.37. The van der Waals surface area contributed by atoms with Crippen LogP contribution in [-0.4, -0.2) is 50.2 Å². The number of benzene rings is 1. The highest BCUT2D eigenvalue weighted by Gasteiger charge is 2.14. The van der Waals surface area contributed by atoms with E-state index in [0.717, 1.165) is 38.5 Å². The van der Waals surface area contributed by atoms with Crippen LogP contribution in [0, 0.1) is 11.3 Å². The Balaban J connectivity index is 1.84. The van der Waals surface area contributed by atoms with Crippen molar-refractivity contribution in [1.82, 2.24) is 10.2 Å². The molecule has 1 saturated heterocycles. The molecule has 0 bridgehead atoms.